The molecule has 0 fully saturated rings. The van der Waals surface area contributed by atoms with Crippen LogP contribution in [0.25, 0.3) is 100 Å². The Morgan fingerprint density at radius 3 is 1.68 bits per heavy atom. The Morgan fingerprint density at radius 1 is 0.368 bits per heavy atom. The van der Waals surface area contributed by atoms with Crippen LogP contribution in [0.4, 0.5) is 0 Å². The number of aromatic nitrogens is 5. The minimum atomic E-state index is 0.573. The van der Waals surface area contributed by atoms with Gasteiger partial charge in [-0.05, 0) is 70.1 Å². The van der Waals surface area contributed by atoms with Crippen molar-refractivity contribution in [3.63, 3.8) is 0 Å². The Bertz CT molecular complexity index is 3380. The van der Waals surface area contributed by atoms with Gasteiger partial charge in [0.25, 0.3) is 0 Å². The summed E-state index contributed by atoms with van der Waals surface area (Å²) < 4.78 is 4.65. The molecule has 8 aromatic carbocycles. The molecule has 266 valence electrons. The van der Waals surface area contributed by atoms with Gasteiger partial charge in [-0.1, -0.05) is 158 Å². The number of nitrogens with zero attached hydrogens (tertiary/aromatic N) is 5. The van der Waals surface area contributed by atoms with Gasteiger partial charge >= 0.3 is 0 Å². The molecule has 0 radical (unpaired) electrons. The van der Waals surface area contributed by atoms with Crippen molar-refractivity contribution in [3.05, 3.63) is 199 Å². The van der Waals surface area contributed by atoms with Crippen LogP contribution in [0.15, 0.2) is 188 Å². The second-order valence-electron chi connectivity index (χ2n) is 14.8. The fourth-order valence-corrected chi connectivity index (χ4v) is 9.12. The largest absolute Gasteiger partial charge is 0.307 e. The third-order valence-corrected chi connectivity index (χ3v) is 11.6. The highest BCUT2D eigenvalue weighted by atomic mass is 15.2. The summed E-state index contributed by atoms with van der Waals surface area (Å²) in [5, 5.41) is 4.66. The number of hydrogen-bond acceptors (Lipinski definition) is 3. The van der Waals surface area contributed by atoms with Gasteiger partial charge in [-0.3, -0.25) is 4.57 Å². The summed E-state index contributed by atoms with van der Waals surface area (Å²) in [6.07, 6.45) is 0.919. The van der Waals surface area contributed by atoms with Crippen LogP contribution < -0.4 is 0 Å². The molecule has 0 atom stereocenters. The molecule has 11 aromatic rings. The molecule has 0 bridgehead atoms. The molecule has 0 N–H and O–H groups in total. The maximum absolute atomic E-state index is 5.41. The van der Waals surface area contributed by atoms with E-state index in [0.717, 1.165) is 61.6 Å². The third kappa shape index (κ3) is 4.85. The van der Waals surface area contributed by atoms with Crippen LogP contribution in [0, 0.1) is 0 Å². The highest BCUT2D eigenvalue weighted by Crippen LogP contribution is 2.43. The molecule has 5 heteroatoms. The average Bonchev–Trinajstić information content (AvgIpc) is 3.95. The molecule has 1 aliphatic carbocycles. The van der Waals surface area contributed by atoms with Crippen LogP contribution in [0.1, 0.15) is 11.1 Å². The molecule has 0 aliphatic heterocycles. The Morgan fingerprint density at radius 2 is 0.912 bits per heavy atom. The molecule has 57 heavy (non-hydrogen) atoms. The standard InChI is InChI=1S/C52H33N5/c1-3-15-33(16-4-1)50-53-51(36-19-13-18-34(31-36)39-25-14-26-40-38-22-8-7-17-35(38)32-45(39)40)55-52(54-50)57-47-28-12-10-24-42(47)44-30-29-43-41-23-9-11-27-46(41)56(48(43)49(44)57)37-20-5-2-6-21-37/h1-31H,32H2. The van der Waals surface area contributed by atoms with E-state index in [1.54, 1.807) is 0 Å². The zero-order valence-corrected chi connectivity index (χ0v) is 30.8. The summed E-state index contributed by atoms with van der Waals surface area (Å²) in [4.78, 5) is 15.9. The third-order valence-electron chi connectivity index (χ3n) is 11.6. The summed E-state index contributed by atoms with van der Waals surface area (Å²) in [6.45, 7) is 0. The lowest BCUT2D eigenvalue weighted by molar-refractivity contribution is 0.953. The van der Waals surface area contributed by atoms with E-state index in [2.05, 4.69) is 179 Å². The smallest absolute Gasteiger partial charge is 0.238 e. The monoisotopic (exact) mass is 727 g/mol. The first-order valence-corrected chi connectivity index (χ1v) is 19.4. The summed E-state index contributed by atoms with van der Waals surface area (Å²) in [7, 11) is 0. The molecule has 0 spiro atoms. The molecular formula is C52H33N5. The van der Waals surface area contributed by atoms with Crippen LogP contribution in [0.5, 0.6) is 0 Å². The molecule has 0 saturated heterocycles. The number of hydrogen-bond donors (Lipinski definition) is 0. The van der Waals surface area contributed by atoms with E-state index in [0.29, 0.717) is 17.6 Å². The average molecular weight is 728 g/mol. The topological polar surface area (TPSA) is 48.5 Å². The number of fused-ring (bicyclic) bond motifs is 10. The minimum absolute atomic E-state index is 0.573. The zero-order valence-electron chi connectivity index (χ0n) is 30.8. The molecule has 0 unspecified atom stereocenters. The quantitative estimate of drug-likeness (QED) is 0.177. The van der Waals surface area contributed by atoms with E-state index in [4.69, 9.17) is 15.0 Å². The lowest BCUT2D eigenvalue weighted by atomic mass is 9.94. The van der Waals surface area contributed by atoms with Gasteiger partial charge in [0, 0.05) is 38.4 Å². The SMILES string of the molecule is c1ccc(-c2nc(-c3cccc(-c4cccc5c4Cc4ccccc4-5)c3)nc(-n3c4ccccc4c4ccc5c6ccccc6n(-c6ccccc6)c5c43)n2)cc1. The van der Waals surface area contributed by atoms with Crippen LogP contribution in [-0.2, 0) is 6.42 Å². The van der Waals surface area contributed by atoms with Gasteiger partial charge in [-0.15, -0.1) is 0 Å². The Balaban J connectivity index is 1.14. The highest BCUT2D eigenvalue weighted by molar-refractivity contribution is 6.23. The number of rotatable bonds is 5. The van der Waals surface area contributed by atoms with Crippen molar-refractivity contribution in [2.24, 2.45) is 0 Å². The second kappa shape index (κ2) is 12.4. The zero-order chi connectivity index (χ0) is 37.5. The van der Waals surface area contributed by atoms with Crippen molar-refractivity contribution < 1.29 is 0 Å². The first kappa shape index (κ1) is 31.7. The molecule has 5 nitrogen and oxygen atoms in total. The highest BCUT2D eigenvalue weighted by Gasteiger charge is 2.24. The van der Waals surface area contributed by atoms with Crippen molar-refractivity contribution in [1.82, 2.24) is 24.1 Å². The van der Waals surface area contributed by atoms with Crippen LogP contribution in [0.3, 0.4) is 0 Å². The van der Waals surface area contributed by atoms with Crippen molar-refractivity contribution >= 4 is 43.6 Å². The van der Waals surface area contributed by atoms with Crippen molar-refractivity contribution in [3.8, 4) is 56.7 Å². The molecule has 0 saturated carbocycles. The van der Waals surface area contributed by atoms with E-state index in [-0.39, 0.29) is 0 Å². The van der Waals surface area contributed by atoms with Gasteiger partial charge in [-0.25, -0.2) is 4.98 Å². The van der Waals surface area contributed by atoms with Gasteiger partial charge in [0.15, 0.2) is 11.6 Å². The maximum Gasteiger partial charge on any atom is 0.238 e. The van der Waals surface area contributed by atoms with Crippen LogP contribution in [0.2, 0.25) is 0 Å². The number of benzene rings is 8. The van der Waals surface area contributed by atoms with Crippen LogP contribution in [-0.4, -0.2) is 24.1 Å². The summed E-state index contributed by atoms with van der Waals surface area (Å²) >= 11 is 0. The summed E-state index contributed by atoms with van der Waals surface area (Å²) in [5.74, 6) is 1.82. The molecular weight excluding hydrogens is 695 g/mol. The molecule has 1 aliphatic rings. The fourth-order valence-electron chi connectivity index (χ4n) is 9.12. The van der Waals surface area contributed by atoms with Crippen molar-refractivity contribution in [1.29, 1.82) is 0 Å². The minimum Gasteiger partial charge on any atom is -0.307 e. The molecule has 3 aromatic heterocycles. The number of para-hydroxylation sites is 3. The Labute approximate surface area is 328 Å². The molecule has 12 rings (SSSR count). The maximum atomic E-state index is 5.41. The molecule has 0 amide bonds. The first-order valence-electron chi connectivity index (χ1n) is 19.4. The Hall–Kier alpha value is -7.63. The first-order chi connectivity index (χ1) is 28.3. The second-order valence-corrected chi connectivity index (χ2v) is 14.8. The van der Waals surface area contributed by atoms with E-state index in [1.807, 2.05) is 18.2 Å². The predicted molar refractivity (Wildman–Crippen MR) is 233 cm³/mol. The summed E-state index contributed by atoms with van der Waals surface area (Å²) in [5.41, 5.74) is 15.1. The normalized spacial score (nSPS) is 12.1. The van der Waals surface area contributed by atoms with Crippen LogP contribution >= 0.6 is 0 Å². The van der Waals surface area contributed by atoms with E-state index in [1.165, 1.54) is 38.6 Å². The van der Waals surface area contributed by atoms with Crippen molar-refractivity contribution in [2.45, 2.75) is 6.42 Å². The van der Waals surface area contributed by atoms with Gasteiger partial charge in [0.2, 0.25) is 5.95 Å². The van der Waals surface area contributed by atoms with Gasteiger partial charge in [0.1, 0.15) is 0 Å². The van der Waals surface area contributed by atoms with E-state index in [9.17, 15) is 0 Å². The van der Waals surface area contributed by atoms with Crippen molar-refractivity contribution in [2.75, 3.05) is 0 Å². The predicted octanol–water partition coefficient (Wildman–Crippen LogP) is 12.6. The van der Waals surface area contributed by atoms with Gasteiger partial charge < -0.3 is 4.57 Å². The Kier molecular flexibility index (Phi) is 6.92. The molecule has 3 heterocycles. The summed E-state index contributed by atoms with van der Waals surface area (Å²) in [6, 6.07) is 66.8. The van der Waals surface area contributed by atoms with Gasteiger partial charge in [0.05, 0.1) is 22.1 Å². The fraction of sp³-hybridized carbons (Fsp3) is 0.0192. The lowest BCUT2D eigenvalue weighted by Gasteiger charge is -2.14. The van der Waals surface area contributed by atoms with E-state index < -0.39 is 0 Å². The van der Waals surface area contributed by atoms with E-state index >= 15 is 0 Å². The lowest BCUT2D eigenvalue weighted by Crippen LogP contribution is -2.07. The van der Waals surface area contributed by atoms with Gasteiger partial charge in [-0.2, -0.15) is 9.97 Å².